The third-order valence-electron chi connectivity index (χ3n) is 4.20. The normalized spacial score (nSPS) is 18.6. The summed E-state index contributed by atoms with van der Waals surface area (Å²) in [5.74, 6) is 1.84. The van der Waals surface area contributed by atoms with Gasteiger partial charge in [0.2, 0.25) is 0 Å². The number of pyridine rings is 1. The van der Waals surface area contributed by atoms with Crippen LogP contribution in [0.4, 0.5) is 5.82 Å². The summed E-state index contributed by atoms with van der Waals surface area (Å²) >= 11 is 0. The molecule has 0 aromatic carbocycles. The van der Waals surface area contributed by atoms with Gasteiger partial charge < -0.3 is 4.90 Å². The average molecular weight is 297 g/mol. The Kier molecular flexibility index (Phi) is 4.34. The molecule has 0 spiro atoms. The number of rotatable bonds is 4. The van der Waals surface area contributed by atoms with Gasteiger partial charge in [-0.1, -0.05) is 0 Å². The molecule has 0 aliphatic carbocycles. The molecule has 3 rings (SSSR count). The van der Waals surface area contributed by atoms with E-state index >= 15 is 0 Å². The Morgan fingerprint density at radius 2 is 2.00 bits per heavy atom. The Morgan fingerprint density at radius 1 is 1.23 bits per heavy atom. The van der Waals surface area contributed by atoms with E-state index in [0.717, 1.165) is 24.7 Å². The molecule has 2 aromatic rings. The molecule has 116 valence electrons. The Morgan fingerprint density at radius 3 is 2.73 bits per heavy atom. The van der Waals surface area contributed by atoms with E-state index < -0.39 is 0 Å². The lowest BCUT2D eigenvalue weighted by Gasteiger charge is -2.25. The van der Waals surface area contributed by atoms with Crippen LogP contribution in [0.25, 0.3) is 0 Å². The molecule has 0 N–H and O–H groups in total. The molecule has 0 amide bonds. The SMILES string of the molecule is Cc1ncc(CN2CCC[C@@H]2c2ccnc(N(C)C)c2)cn1. The molecule has 5 nitrogen and oxygen atoms in total. The molecule has 1 aliphatic heterocycles. The number of hydrogen-bond donors (Lipinski definition) is 0. The highest BCUT2D eigenvalue weighted by atomic mass is 15.2. The van der Waals surface area contributed by atoms with Gasteiger partial charge in [0.25, 0.3) is 0 Å². The van der Waals surface area contributed by atoms with Crippen molar-refractivity contribution in [1.29, 1.82) is 0 Å². The molecule has 0 radical (unpaired) electrons. The van der Waals surface area contributed by atoms with Gasteiger partial charge in [0.1, 0.15) is 11.6 Å². The number of aryl methyl sites for hydroxylation is 1. The lowest BCUT2D eigenvalue weighted by molar-refractivity contribution is 0.248. The predicted molar refractivity (Wildman–Crippen MR) is 87.7 cm³/mol. The van der Waals surface area contributed by atoms with Crippen molar-refractivity contribution in [1.82, 2.24) is 19.9 Å². The molecule has 3 heterocycles. The first kappa shape index (κ1) is 14.9. The highest BCUT2D eigenvalue weighted by Gasteiger charge is 2.26. The quantitative estimate of drug-likeness (QED) is 0.868. The van der Waals surface area contributed by atoms with Crippen LogP contribution in [0, 0.1) is 6.92 Å². The molecule has 0 bridgehead atoms. The first-order chi connectivity index (χ1) is 10.6. The van der Waals surface area contributed by atoms with Crippen LogP contribution in [0.3, 0.4) is 0 Å². The molecule has 1 aliphatic rings. The lowest BCUT2D eigenvalue weighted by Crippen LogP contribution is -2.23. The summed E-state index contributed by atoms with van der Waals surface area (Å²) < 4.78 is 0. The fourth-order valence-corrected chi connectivity index (χ4v) is 3.01. The zero-order chi connectivity index (χ0) is 15.5. The fourth-order valence-electron chi connectivity index (χ4n) is 3.01. The van der Waals surface area contributed by atoms with Crippen LogP contribution in [-0.4, -0.2) is 40.5 Å². The minimum Gasteiger partial charge on any atom is -0.363 e. The Balaban J connectivity index is 1.78. The van der Waals surface area contributed by atoms with Crippen LogP contribution in [0.1, 0.15) is 35.8 Å². The van der Waals surface area contributed by atoms with Crippen LogP contribution >= 0.6 is 0 Å². The summed E-state index contributed by atoms with van der Waals surface area (Å²) in [5, 5.41) is 0. The van der Waals surface area contributed by atoms with E-state index in [1.807, 2.05) is 39.6 Å². The summed E-state index contributed by atoms with van der Waals surface area (Å²) in [7, 11) is 4.06. The molecule has 1 atom stereocenters. The smallest absolute Gasteiger partial charge is 0.128 e. The number of hydrogen-bond acceptors (Lipinski definition) is 5. The lowest BCUT2D eigenvalue weighted by atomic mass is 10.1. The molecule has 5 heteroatoms. The third-order valence-corrected chi connectivity index (χ3v) is 4.20. The van der Waals surface area contributed by atoms with E-state index in [0.29, 0.717) is 6.04 Å². The van der Waals surface area contributed by atoms with Gasteiger partial charge in [-0.05, 0) is 44.0 Å². The molecule has 0 unspecified atom stereocenters. The molecule has 1 saturated heterocycles. The van der Waals surface area contributed by atoms with E-state index in [4.69, 9.17) is 0 Å². The molecular weight excluding hydrogens is 274 g/mol. The first-order valence-electron chi connectivity index (χ1n) is 7.78. The van der Waals surface area contributed by atoms with Crippen molar-refractivity contribution in [2.45, 2.75) is 32.4 Å². The molecule has 0 saturated carbocycles. The summed E-state index contributed by atoms with van der Waals surface area (Å²) in [6.45, 7) is 3.95. The van der Waals surface area contributed by atoms with E-state index in [1.54, 1.807) is 0 Å². The van der Waals surface area contributed by atoms with Gasteiger partial charge in [-0.15, -0.1) is 0 Å². The largest absolute Gasteiger partial charge is 0.363 e. The van der Waals surface area contributed by atoms with Crippen molar-refractivity contribution in [3.63, 3.8) is 0 Å². The van der Waals surface area contributed by atoms with Crippen molar-refractivity contribution in [2.24, 2.45) is 0 Å². The van der Waals surface area contributed by atoms with Gasteiger partial charge in [0.15, 0.2) is 0 Å². The van der Waals surface area contributed by atoms with Gasteiger partial charge in [0.05, 0.1) is 0 Å². The molecular formula is C17H23N5. The second-order valence-electron chi connectivity index (χ2n) is 6.11. The van der Waals surface area contributed by atoms with Crippen molar-refractivity contribution >= 4 is 5.82 Å². The van der Waals surface area contributed by atoms with Crippen molar-refractivity contribution in [3.05, 3.63) is 47.7 Å². The monoisotopic (exact) mass is 297 g/mol. The molecule has 2 aromatic heterocycles. The van der Waals surface area contributed by atoms with Gasteiger partial charge in [-0.3, -0.25) is 4.90 Å². The number of likely N-dealkylation sites (tertiary alicyclic amines) is 1. The van der Waals surface area contributed by atoms with E-state index in [9.17, 15) is 0 Å². The summed E-state index contributed by atoms with van der Waals surface area (Å²) in [6, 6.07) is 4.80. The highest BCUT2D eigenvalue weighted by molar-refractivity contribution is 5.40. The van der Waals surface area contributed by atoms with Gasteiger partial charge in [0, 0.05) is 50.8 Å². The second kappa shape index (κ2) is 6.40. The predicted octanol–water partition coefficient (Wildman–Crippen LogP) is 2.58. The Labute approximate surface area is 132 Å². The average Bonchev–Trinajstić information content (AvgIpc) is 2.98. The van der Waals surface area contributed by atoms with Gasteiger partial charge >= 0.3 is 0 Å². The summed E-state index contributed by atoms with van der Waals surface area (Å²) in [6.07, 6.45) is 8.22. The van der Waals surface area contributed by atoms with E-state index in [1.165, 1.54) is 24.0 Å². The van der Waals surface area contributed by atoms with Crippen LogP contribution in [0.2, 0.25) is 0 Å². The number of nitrogens with zero attached hydrogens (tertiary/aromatic N) is 5. The first-order valence-corrected chi connectivity index (χ1v) is 7.78. The summed E-state index contributed by atoms with van der Waals surface area (Å²) in [5.41, 5.74) is 2.53. The van der Waals surface area contributed by atoms with Crippen molar-refractivity contribution < 1.29 is 0 Å². The fraction of sp³-hybridized carbons (Fsp3) is 0.471. The Bertz CT molecular complexity index is 623. The van der Waals surface area contributed by atoms with E-state index in [2.05, 4.69) is 36.9 Å². The maximum absolute atomic E-state index is 4.42. The second-order valence-corrected chi connectivity index (χ2v) is 6.11. The number of anilines is 1. The third kappa shape index (κ3) is 3.25. The topological polar surface area (TPSA) is 45.2 Å². The standard InChI is InChI=1S/C17H23N5/c1-13-19-10-14(11-20-13)12-22-8-4-5-16(22)15-6-7-18-17(9-15)21(2)3/h6-7,9-11,16H,4-5,8,12H2,1-3H3/t16-/m1/s1. The van der Waals surface area contributed by atoms with Crippen molar-refractivity contribution in [3.8, 4) is 0 Å². The molecule has 22 heavy (non-hydrogen) atoms. The Hall–Kier alpha value is -2.01. The van der Waals surface area contributed by atoms with Gasteiger partial charge in [-0.2, -0.15) is 0 Å². The maximum Gasteiger partial charge on any atom is 0.128 e. The minimum absolute atomic E-state index is 0.461. The van der Waals surface area contributed by atoms with Crippen LogP contribution in [-0.2, 0) is 6.54 Å². The zero-order valence-corrected chi connectivity index (χ0v) is 13.5. The van der Waals surface area contributed by atoms with Crippen LogP contribution in [0.15, 0.2) is 30.7 Å². The zero-order valence-electron chi connectivity index (χ0n) is 13.5. The maximum atomic E-state index is 4.42. The summed E-state index contributed by atoms with van der Waals surface area (Å²) in [4.78, 5) is 17.6. The molecule has 1 fully saturated rings. The number of aromatic nitrogens is 3. The van der Waals surface area contributed by atoms with Crippen LogP contribution < -0.4 is 4.90 Å². The van der Waals surface area contributed by atoms with Crippen LogP contribution in [0.5, 0.6) is 0 Å². The highest BCUT2D eigenvalue weighted by Crippen LogP contribution is 2.33. The van der Waals surface area contributed by atoms with Crippen molar-refractivity contribution in [2.75, 3.05) is 25.5 Å². The van der Waals surface area contributed by atoms with E-state index in [-0.39, 0.29) is 0 Å². The minimum atomic E-state index is 0.461. The van der Waals surface area contributed by atoms with Gasteiger partial charge in [-0.25, -0.2) is 15.0 Å².